The van der Waals surface area contributed by atoms with Gasteiger partial charge in [-0.2, -0.15) is 0 Å². The minimum Gasteiger partial charge on any atom is -0.360 e. The number of fused-ring (bicyclic) bond motifs is 1. The maximum atomic E-state index is 5.84. The molecular weight excluding hydrogens is 227 g/mol. The van der Waals surface area contributed by atoms with Crippen LogP contribution in [0.15, 0.2) is 22.9 Å². The molecule has 0 bridgehead atoms. The first-order valence-electron chi connectivity index (χ1n) is 3.06. The number of aromatic nitrogens is 2. The third-order valence-corrected chi connectivity index (χ3v) is 2.41. The van der Waals surface area contributed by atoms with E-state index in [0.29, 0.717) is 5.15 Å². The standard InChI is InChI=1S/C7H4BrClN2/c8-4-3-11-5-1-2-10-7(9)6(4)5/h1-3,11H. The molecule has 11 heavy (non-hydrogen) atoms. The Morgan fingerprint density at radius 1 is 1.55 bits per heavy atom. The van der Waals surface area contributed by atoms with E-state index in [1.807, 2.05) is 12.3 Å². The molecule has 2 aromatic heterocycles. The van der Waals surface area contributed by atoms with Gasteiger partial charge < -0.3 is 4.98 Å². The van der Waals surface area contributed by atoms with E-state index in [1.165, 1.54) is 0 Å². The van der Waals surface area contributed by atoms with Crippen molar-refractivity contribution in [1.29, 1.82) is 0 Å². The zero-order valence-corrected chi connectivity index (χ0v) is 7.78. The minimum absolute atomic E-state index is 0.524. The fourth-order valence-corrected chi connectivity index (χ4v) is 1.89. The van der Waals surface area contributed by atoms with Crippen LogP contribution in [0.1, 0.15) is 0 Å². The number of nitrogens with zero attached hydrogens (tertiary/aromatic N) is 1. The third-order valence-electron chi connectivity index (χ3n) is 1.50. The van der Waals surface area contributed by atoms with Gasteiger partial charge in [-0.1, -0.05) is 11.6 Å². The number of hydrogen-bond donors (Lipinski definition) is 1. The van der Waals surface area contributed by atoms with E-state index in [0.717, 1.165) is 15.4 Å². The molecule has 1 N–H and O–H groups in total. The van der Waals surface area contributed by atoms with Crippen molar-refractivity contribution in [3.05, 3.63) is 28.1 Å². The van der Waals surface area contributed by atoms with Gasteiger partial charge in [0.1, 0.15) is 5.15 Å². The Labute approximate surface area is 76.7 Å². The van der Waals surface area contributed by atoms with Crippen LogP contribution in [-0.4, -0.2) is 9.97 Å². The van der Waals surface area contributed by atoms with Gasteiger partial charge in [0.25, 0.3) is 0 Å². The van der Waals surface area contributed by atoms with Gasteiger partial charge in [-0.3, -0.25) is 0 Å². The van der Waals surface area contributed by atoms with Crippen LogP contribution < -0.4 is 0 Å². The van der Waals surface area contributed by atoms with E-state index in [-0.39, 0.29) is 0 Å². The maximum absolute atomic E-state index is 5.84. The summed E-state index contributed by atoms with van der Waals surface area (Å²) in [6.45, 7) is 0. The van der Waals surface area contributed by atoms with Crippen molar-refractivity contribution < 1.29 is 0 Å². The van der Waals surface area contributed by atoms with Gasteiger partial charge in [0.2, 0.25) is 0 Å². The molecule has 0 aliphatic rings. The van der Waals surface area contributed by atoms with Crippen LogP contribution in [0.2, 0.25) is 5.15 Å². The second kappa shape index (κ2) is 2.50. The normalized spacial score (nSPS) is 10.7. The number of H-pyrrole nitrogens is 1. The summed E-state index contributed by atoms with van der Waals surface area (Å²) in [6.07, 6.45) is 3.52. The first kappa shape index (κ1) is 7.13. The second-order valence-electron chi connectivity index (χ2n) is 2.16. The molecule has 0 aliphatic carbocycles. The Bertz CT molecular complexity index is 396. The summed E-state index contributed by atoms with van der Waals surface area (Å²) in [4.78, 5) is 7.01. The van der Waals surface area contributed by atoms with Gasteiger partial charge in [-0.15, -0.1) is 0 Å². The van der Waals surface area contributed by atoms with Gasteiger partial charge in [-0.05, 0) is 22.0 Å². The lowest BCUT2D eigenvalue weighted by Crippen LogP contribution is -1.74. The lowest BCUT2D eigenvalue weighted by molar-refractivity contribution is 1.35. The van der Waals surface area contributed by atoms with Crippen molar-refractivity contribution in [2.75, 3.05) is 0 Å². The van der Waals surface area contributed by atoms with Crippen LogP contribution in [0.4, 0.5) is 0 Å². The summed E-state index contributed by atoms with van der Waals surface area (Å²) in [7, 11) is 0. The smallest absolute Gasteiger partial charge is 0.139 e. The van der Waals surface area contributed by atoms with E-state index < -0.39 is 0 Å². The lowest BCUT2D eigenvalue weighted by Gasteiger charge is -1.91. The Morgan fingerprint density at radius 2 is 2.36 bits per heavy atom. The van der Waals surface area contributed by atoms with E-state index in [9.17, 15) is 0 Å². The molecule has 0 aromatic carbocycles. The molecule has 0 saturated heterocycles. The fraction of sp³-hybridized carbons (Fsp3) is 0. The highest BCUT2D eigenvalue weighted by Crippen LogP contribution is 2.27. The first-order valence-corrected chi connectivity index (χ1v) is 4.23. The Balaban J connectivity index is 2.96. The molecule has 2 heterocycles. The average molecular weight is 231 g/mol. The average Bonchev–Trinajstić information content (AvgIpc) is 2.34. The summed E-state index contributed by atoms with van der Waals surface area (Å²) < 4.78 is 0.950. The number of hydrogen-bond acceptors (Lipinski definition) is 1. The lowest BCUT2D eigenvalue weighted by atomic mass is 10.3. The molecule has 0 aliphatic heterocycles. The number of halogens is 2. The van der Waals surface area contributed by atoms with Crippen LogP contribution >= 0.6 is 27.5 Å². The number of aromatic amines is 1. The molecule has 0 spiro atoms. The quantitative estimate of drug-likeness (QED) is 0.694. The topological polar surface area (TPSA) is 28.7 Å². The monoisotopic (exact) mass is 230 g/mol. The van der Waals surface area contributed by atoms with E-state index in [4.69, 9.17) is 11.6 Å². The zero-order chi connectivity index (χ0) is 7.84. The first-order chi connectivity index (χ1) is 5.29. The van der Waals surface area contributed by atoms with Gasteiger partial charge in [-0.25, -0.2) is 4.98 Å². The molecule has 56 valence electrons. The third kappa shape index (κ3) is 1.04. The molecule has 0 fully saturated rings. The van der Waals surface area contributed by atoms with Crippen molar-refractivity contribution >= 4 is 38.4 Å². The van der Waals surface area contributed by atoms with Crippen LogP contribution in [0, 0.1) is 0 Å². The Hall–Kier alpha value is -0.540. The molecule has 0 radical (unpaired) electrons. The zero-order valence-electron chi connectivity index (χ0n) is 5.44. The van der Waals surface area contributed by atoms with Crippen LogP contribution in [0.25, 0.3) is 10.9 Å². The van der Waals surface area contributed by atoms with Crippen LogP contribution in [0.3, 0.4) is 0 Å². The van der Waals surface area contributed by atoms with Crippen molar-refractivity contribution in [1.82, 2.24) is 9.97 Å². The summed E-state index contributed by atoms with van der Waals surface area (Å²) >= 11 is 9.20. The van der Waals surface area contributed by atoms with Crippen molar-refractivity contribution in [2.45, 2.75) is 0 Å². The molecule has 0 amide bonds. The Morgan fingerprint density at radius 3 is 3.09 bits per heavy atom. The molecule has 2 nitrogen and oxygen atoms in total. The summed E-state index contributed by atoms with van der Waals surface area (Å²) in [5.41, 5.74) is 0.997. The van der Waals surface area contributed by atoms with Gasteiger partial charge in [0.15, 0.2) is 0 Å². The molecule has 2 rings (SSSR count). The summed E-state index contributed by atoms with van der Waals surface area (Å²) in [5, 5.41) is 1.46. The van der Waals surface area contributed by atoms with Crippen molar-refractivity contribution in [3.63, 3.8) is 0 Å². The SMILES string of the molecule is Clc1nccc2[nH]cc(Br)c12. The second-order valence-corrected chi connectivity index (χ2v) is 3.37. The van der Waals surface area contributed by atoms with Crippen LogP contribution in [-0.2, 0) is 0 Å². The van der Waals surface area contributed by atoms with Crippen molar-refractivity contribution in [2.24, 2.45) is 0 Å². The summed E-state index contributed by atoms with van der Waals surface area (Å²) in [6, 6.07) is 1.88. The van der Waals surface area contributed by atoms with E-state index >= 15 is 0 Å². The fourth-order valence-electron chi connectivity index (χ4n) is 0.997. The predicted octanol–water partition coefficient (Wildman–Crippen LogP) is 2.98. The molecule has 4 heteroatoms. The highest BCUT2D eigenvalue weighted by molar-refractivity contribution is 9.10. The molecule has 0 atom stereocenters. The van der Waals surface area contributed by atoms with Crippen LogP contribution in [0.5, 0.6) is 0 Å². The summed E-state index contributed by atoms with van der Waals surface area (Å²) in [5.74, 6) is 0. The molecule has 0 unspecified atom stereocenters. The highest BCUT2D eigenvalue weighted by atomic mass is 79.9. The van der Waals surface area contributed by atoms with Crippen molar-refractivity contribution in [3.8, 4) is 0 Å². The number of rotatable bonds is 0. The minimum atomic E-state index is 0.524. The van der Waals surface area contributed by atoms with E-state index in [2.05, 4.69) is 25.9 Å². The molecule has 0 saturated carbocycles. The maximum Gasteiger partial charge on any atom is 0.139 e. The Kier molecular flexibility index (Phi) is 1.62. The van der Waals surface area contributed by atoms with Gasteiger partial charge in [0.05, 0.1) is 10.9 Å². The number of pyridine rings is 1. The largest absolute Gasteiger partial charge is 0.360 e. The van der Waals surface area contributed by atoms with E-state index in [1.54, 1.807) is 6.20 Å². The highest BCUT2D eigenvalue weighted by Gasteiger charge is 2.04. The molecular formula is C7H4BrClN2. The van der Waals surface area contributed by atoms with Gasteiger partial charge in [0, 0.05) is 16.9 Å². The van der Waals surface area contributed by atoms with Gasteiger partial charge >= 0.3 is 0 Å². The predicted molar refractivity (Wildman–Crippen MR) is 48.8 cm³/mol. The number of nitrogens with one attached hydrogen (secondary N) is 1. The molecule has 2 aromatic rings.